The number of nitrogens with zero attached hydrogens (tertiary/aromatic N) is 2. The summed E-state index contributed by atoms with van der Waals surface area (Å²) in [6.07, 6.45) is 1.38. The highest BCUT2D eigenvalue weighted by Gasteiger charge is 2.16. The number of aryl methyl sites for hydroxylation is 1. The second-order valence-electron chi connectivity index (χ2n) is 4.04. The van der Waals surface area contributed by atoms with E-state index in [4.69, 9.17) is 40.5 Å². The lowest BCUT2D eigenvalue weighted by atomic mass is 10.3. The number of benzene rings is 1. The third-order valence-electron chi connectivity index (χ3n) is 2.57. The fourth-order valence-electron chi connectivity index (χ4n) is 1.64. The van der Waals surface area contributed by atoms with Gasteiger partial charge in [0.15, 0.2) is 10.8 Å². The average Bonchev–Trinajstić information content (AvgIpc) is 2.75. The highest BCUT2D eigenvalue weighted by atomic mass is 35.5. The Morgan fingerprint density at radius 2 is 2.05 bits per heavy atom. The fraction of sp³-hybridized carbons (Fsp3) is 0.0833. The number of aromatic nitrogens is 2. The number of hydrogen-bond acceptors (Lipinski definition) is 3. The van der Waals surface area contributed by atoms with Gasteiger partial charge in [-0.25, -0.2) is 4.79 Å². The van der Waals surface area contributed by atoms with Gasteiger partial charge in [-0.3, -0.25) is 4.68 Å². The van der Waals surface area contributed by atoms with Crippen LogP contribution in [0.2, 0.25) is 10.0 Å². The second-order valence-corrected chi connectivity index (χ2v) is 5.27. The van der Waals surface area contributed by atoms with Crippen molar-refractivity contribution in [2.45, 2.75) is 0 Å². The van der Waals surface area contributed by atoms with Crippen molar-refractivity contribution in [3.05, 3.63) is 40.1 Å². The Kier molecular flexibility index (Phi) is 4.66. The lowest BCUT2D eigenvalue weighted by Gasteiger charge is -2.10. The van der Waals surface area contributed by atoms with Crippen LogP contribution in [0.1, 0.15) is 10.5 Å². The molecule has 1 aromatic heterocycles. The van der Waals surface area contributed by atoms with Crippen molar-refractivity contribution in [1.29, 1.82) is 0 Å². The molecule has 0 saturated heterocycles. The standard InChI is InChI=1S/C12H10Cl2N4O2S/c1-18-10(11(19)20)9(5-15-18)17-12(21)16-6-2-3-7(13)8(14)4-6/h2-5H,1H3,(H,19,20)(H2,16,17,21). The van der Waals surface area contributed by atoms with Gasteiger partial charge in [-0.2, -0.15) is 5.10 Å². The molecule has 1 heterocycles. The largest absolute Gasteiger partial charge is 0.476 e. The maximum absolute atomic E-state index is 11.1. The first-order chi connectivity index (χ1) is 9.88. The minimum atomic E-state index is -1.10. The third kappa shape index (κ3) is 3.63. The molecule has 0 saturated carbocycles. The number of halogens is 2. The summed E-state index contributed by atoms with van der Waals surface area (Å²) in [6, 6.07) is 4.93. The van der Waals surface area contributed by atoms with Gasteiger partial charge in [0, 0.05) is 12.7 Å². The van der Waals surface area contributed by atoms with Crippen molar-refractivity contribution in [2.75, 3.05) is 10.6 Å². The van der Waals surface area contributed by atoms with Crippen LogP contribution in [0.4, 0.5) is 11.4 Å². The summed E-state index contributed by atoms with van der Waals surface area (Å²) in [5, 5.41) is 19.7. The zero-order valence-electron chi connectivity index (χ0n) is 10.7. The zero-order valence-corrected chi connectivity index (χ0v) is 13.1. The Hall–Kier alpha value is -1.83. The molecule has 0 atom stereocenters. The van der Waals surface area contributed by atoms with Crippen LogP contribution in [0.3, 0.4) is 0 Å². The summed E-state index contributed by atoms with van der Waals surface area (Å²) in [5.41, 5.74) is 0.929. The predicted octanol–water partition coefficient (Wildman–Crippen LogP) is 3.23. The van der Waals surface area contributed by atoms with Crippen LogP contribution in [0.5, 0.6) is 0 Å². The van der Waals surface area contributed by atoms with E-state index < -0.39 is 5.97 Å². The van der Waals surface area contributed by atoms with Crippen LogP contribution in [0.25, 0.3) is 0 Å². The van der Waals surface area contributed by atoms with Gasteiger partial charge in [0.05, 0.1) is 21.9 Å². The molecule has 21 heavy (non-hydrogen) atoms. The quantitative estimate of drug-likeness (QED) is 0.742. The Bertz CT molecular complexity index is 717. The number of carbonyl (C=O) groups is 1. The second kappa shape index (κ2) is 6.30. The van der Waals surface area contributed by atoms with Crippen molar-refractivity contribution >= 4 is 57.9 Å². The Morgan fingerprint density at radius 1 is 1.33 bits per heavy atom. The molecular formula is C12H10Cl2N4O2S. The van der Waals surface area contributed by atoms with E-state index in [2.05, 4.69) is 15.7 Å². The summed E-state index contributed by atoms with van der Waals surface area (Å²) in [7, 11) is 1.53. The smallest absolute Gasteiger partial charge is 0.356 e. The Morgan fingerprint density at radius 3 is 2.67 bits per heavy atom. The molecule has 6 nitrogen and oxygen atoms in total. The normalized spacial score (nSPS) is 10.2. The first kappa shape index (κ1) is 15.6. The number of carboxylic acids is 1. The molecule has 0 spiro atoms. The number of rotatable bonds is 3. The monoisotopic (exact) mass is 344 g/mol. The third-order valence-corrected chi connectivity index (χ3v) is 3.51. The maximum Gasteiger partial charge on any atom is 0.356 e. The van der Waals surface area contributed by atoms with Crippen LogP contribution in [-0.2, 0) is 7.05 Å². The molecule has 3 N–H and O–H groups in total. The number of anilines is 2. The first-order valence-corrected chi connectivity index (χ1v) is 6.83. The van der Waals surface area contributed by atoms with Gasteiger partial charge in [-0.1, -0.05) is 23.2 Å². The van der Waals surface area contributed by atoms with E-state index in [9.17, 15) is 4.79 Å². The Labute approximate surface area is 135 Å². The van der Waals surface area contributed by atoms with Crippen molar-refractivity contribution in [2.24, 2.45) is 7.05 Å². The van der Waals surface area contributed by atoms with E-state index in [1.807, 2.05) is 0 Å². The fourth-order valence-corrected chi connectivity index (χ4v) is 2.17. The van der Waals surface area contributed by atoms with E-state index in [0.29, 0.717) is 21.4 Å². The average molecular weight is 345 g/mol. The van der Waals surface area contributed by atoms with Gasteiger partial charge >= 0.3 is 5.97 Å². The first-order valence-electron chi connectivity index (χ1n) is 5.67. The molecule has 0 radical (unpaired) electrons. The van der Waals surface area contributed by atoms with Crippen molar-refractivity contribution in [1.82, 2.24) is 9.78 Å². The molecule has 2 rings (SSSR count). The molecule has 0 aliphatic heterocycles. The molecular weight excluding hydrogens is 335 g/mol. The maximum atomic E-state index is 11.1. The van der Waals surface area contributed by atoms with E-state index >= 15 is 0 Å². The lowest BCUT2D eigenvalue weighted by molar-refractivity contribution is 0.0686. The summed E-state index contributed by atoms with van der Waals surface area (Å²) in [6.45, 7) is 0. The van der Waals surface area contributed by atoms with Gasteiger partial charge in [0.2, 0.25) is 0 Å². The number of carboxylic acid groups (broad SMARTS) is 1. The molecule has 0 aliphatic rings. The molecule has 0 bridgehead atoms. The highest BCUT2D eigenvalue weighted by molar-refractivity contribution is 7.80. The van der Waals surface area contributed by atoms with Gasteiger partial charge in [0.25, 0.3) is 0 Å². The van der Waals surface area contributed by atoms with E-state index in [1.165, 1.54) is 17.9 Å². The molecule has 1 aromatic carbocycles. The summed E-state index contributed by atoms with van der Waals surface area (Å²) in [4.78, 5) is 11.1. The van der Waals surface area contributed by atoms with Crippen LogP contribution >= 0.6 is 35.4 Å². The predicted molar refractivity (Wildman–Crippen MR) is 86.5 cm³/mol. The number of thiocarbonyl (C=S) groups is 1. The van der Waals surface area contributed by atoms with Crippen LogP contribution in [0.15, 0.2) is 24.4 Å². The summed E-state index contributed by atoms with van der Waals surface area (Å²) >= 11 is 16.8. The van der Waals surface area contributed by atoms with Crippen molar-refractivity contribution < 1.29 is 9.90 Å². The van der Waals surface area contributed by atoms with Crippen LogP contribution in [0, 0.1) is 0 Å². The number of nitrogens with one attached hydrogen (secondary N) is 2. The van der Waals surface area contributed by atoms with Crippen LogP contribution in [-0.4, -0.2) is 26.0 Å². The van der Waals surface area contributed by atoms with E-state index in [1.54, 1.807) is 18.2 Å². The summed E-state index contributed by atoms with van der Waals surface area (Å²) in [5.74, 6) is -1.10. The Balaban J connectivity index is 2.12. The van der Waals surface area contributed by atoms with Gasteiger partial charge in [-0.05, 0) is 30.4 Å². The SMILES string of the molecule is Cn1ncc(NC(=S)Nc2ccc(Cl)c(Cl)c2)c1C(=O)O. The topological polar surface area (TPSA) is 79.2 Å². The number of aromatic carboxylic acids is 1. The molecule has 110 valence electrons. The molecule has 0 unspecified atom stereocenters. The molecule has 2 aromatic rings. The van der Waals surface area contributed by atoms with E-state index in [0.717, 1.165) is 0 Å². The minimum absolute atomic E-state index is 0.00767. The van der Waals surface area contributed by atoms with Crippen LogP contribution < -0.4 is 10.6 Å². The molecule has 0 aliphatic carbocycles. The molecule has 9 heteroatoms. The minimum Gasteiger partial charge on any atom is -0.476 e. The van der Waals surface area contributed by atoms with Gasteiger partial charge in [-0.15, -0.1) is 0 Å². The van der Waals surface area contributed by atoms with Crippen molar-refractivity contribution in [3.8, 4) is 0 Å². The van der Waals surface area contributed by atoms with Gasteiger partial charge in [0.1, 0.15) is 0 Å². The van der Waals surface area contributed by atoms with Crippen molar-refractivity contribution in [3.63, 3.8) is 0 Å². The molecule has 0 amide bonds. The lowest BCUT2D eigenvalue weighted by Crippen LogP contribution is -2.20. The summed E-state index contributed by atoms with van der Waals surface area (Å²) < 4.78 is 1.24. The highest BCUT2D eigenvalue weighted by Crippen LogP contribution is 2.25. The number of hydrogen-bond donors (Lipinski definition) is 3. The molecule has 0 fully saturated rings. The van der Waals surface area contributed by atoms with E-state index in [-0.39, 0.29) is 10.8 Å². The zero-order chi connectivity index (χ0) is 15.6. The van der Waals surface area contributed by atoms with Gasteiger partial charge < -0.3 is 15.7 Å².